The van der Waals surface area contributed by atoms with Gasteiger partial charge in [0.15, 0.2) is 0 Å². The van der Waals surface area contributed by atoms with Crippen LogP contribution in [-0.4, -0.2) is 10.7 Å². The Bertz CT molecular complexity index is 1940. The highest BCUT2D eigenvalue weighted by atomic mass is 32.2. The SMILES string of the molecule is C=Cc1c(C=C)c(-c2ccc(CS/C=C\N)nc2)c2cc(-c3ccccc3-c3ccccc3)ccc2c1C(/C=C\C(C)CS)=C/N. The van der Waals surface area contributed by atoms with Crippen molar-refractivity contribution in [3.05, 3.63) is 157 Å². The summed E-state index contributed by atoms with van der Waals surface area (Å²) in [6, 6.07) is 30.0. The van der Waals surface area contributed by atoms with Crippen molar-refractivity contribution in [3.63, 3.8) is 0 Å². The van der Waals surface area contributed by atoms with Crippen molar-refractivity contribution in [2.75, 3.05) is 5.75 Å². The van der Waals surface area contributed by atoms with E-state index in [0.29, 0.717) is 5.92 Å². The molecule has 46 heavy (non-hydrogen) atoms. The fourth-order valence-corrected chi connectivity index (χ4v) is 6.41. The molecule has 0 saturated carbocycles. The first-order valence-electron chi connectivity index (χ1n) is 15.2. The molecule has 3 nitrogen and oxygen atoms in total. The molecule has 230 valence electrons. The highest BCUT2D eigenvalue weighted by Gasteiger charge is 2.21. The summed E-state index contributed by atoms with van der Waals surface area (Å²) in [6.07, 6.45) is 13.3. The minimum Gasteiger partial charge on any atom is -0.404 e. The minimum absolute atomic E-state index is 0.291. The molecule has 1 atom stereocenters. The molecular formula is C41H39N3S2. The van der Waals surface area contributed by atoms with E-state index in [1.165, 1.54) is 11.1 Å². The molecule has 0 aliphatic carbocycles. The van der Waals surface area contributed by atoms with Crippen LogP contribution >= 0.6 is 24.4 Å². The third kappa shape index (κ3) is 6.91. The van der Waals surface area contributed by atoms with Gasteiger partial charge in [-0.25, -0.2) is 0 Å². The molecule has 0 fully saturated rings. The second-order valence-electron chi connectivity index (χ2n) is 11.0. The van der Waals surface area contributed by atoms with Gasteiger partial charge in [-0.15, -0.1) is 11.8 Å². The number of thioether (sulfide) groups is 1. The lowest BCUT2D eigenvalue weighted by Crippen LogP contribution is -2.01. The van der Waals surface area contributed by atoms with Crippen molar-refractivity contribution in [1.29, 1.82) is 0 Å². The molecule has 0 spiro atoms. The van der Waals surface area contributed by atoms with Gasteiger partial charge in [0.2, 0.25) is 0 Å². The van der Waals surface area contributed by atoms with E-state index >= 15 is 0 Å². The molecule has 0 bridgehead atoms. The fourth-order valence-electron chi connectivity index (χ4n) is 5.74. The minimum atomic E-state index is 0.291. The van der Waals surface area contributed by atoms with Crippen molar-refractivity contribution in [3.8, 4) is 33.4 Å². The van der Waals surface area contributed by atoms with Gasteiger partial charge in [0.05, 0.1) is 5.69 Å². The van der Waals surface area contributed by atoms with Gasteiger partial charge >= 0.3 is 0 Å². The second kappa shape index (κ2) is 15.5. The highest BCUT2D eigenvalue weighted by Crippen LogP contribution is 2.44. The van der Waals surface area contributed by atoms with E-state index in [2.05, 4.69) is 124 Å². The van der Waals surface area contributed by atoms with E-state index in [-0.39, 0.29) is 0 Å². The number of pyridine rings is 1. The Hall–Kier alpha value is -4.71. The molecule has 5 heteroatoms. The normalized spacial score (nSPS) is 12.6. The zero-order chi connectivity index (χ0) is 32.5. The first-order chi connectivity index (χ1) is 22.5. The Labute approximate surface area is 282 Å². The third-order valence-corrected chi connectivity index (χ3v) is 9.39. The monoisotopic (exact) mass is 637 g/mol. The predicted molar refractivity (Wildman–Crippen MR) is 207 cm³/mol. The number of thiol groups is 1. The summed E-state index contributed by atoms with van der Waals surface area (Å²) < 4.78 is 0. The standard InChI is InChI=1S/C41H39N3S2/c1-4-34-35(5-2)41(32-17-19-33(44-25-32)27-46-22-21-42)39-23-30(37-14-10-9-13-36(37)29-11-7-6-8-12-29)18-20-38(39)40(34)31(24-43)16-15-28(3)26-45/h4-25,28,45H,1-2,26-27,42-43H2,3H3/b16-15-,22-21-,31-24+. The van der Waals surface area contributed by atoms with E-state index in [9.17, 15) is 0 Å². The molecule has 0 radical (unpaired) electrons. The number of nitrogens with two attached hydrogens (primary N) is 2. The average Bonchev–Trinajstić information content (AvgIpc) is 3.11. The van der Waals surface area contributed by atoms with E-state index < -0.39 is 0 Å². The van der Waals surface area contributed by atoms with Gasteiger partial charge < -0.3 is 11.5 Å². The number of allylic oxidation sites excluding steroid dienone is 3. The Morgan fingerprint density at radius 2 is 1.54 bits per heavy atom. The maximum absolute atomic E-state index is 6.34. The van der Waals surface area contributed by atoms with Crippen molar-refractivity contribution in [2.45, 2.75) is 12.7 Å². The molecule has 1 aromatic heterocycles. The number of nitrogens with zero attached hydrogens (tertiary/aromatic N) is 1. The van der Waals surface area contributed by atoms with Crippen molar-refractivity contribution >= 4 is 52.9 Å². The lowest BCUT2D eigenvalue weighted by atomic mass is 9.82. The van der Waals surface area contributed by atoms with Gasteiger partial charge in [-0.2, -0.15) is 12.6 Å². The van der Waals surface area contributed by atoms with Gasteiger partial charge in [0.1, 0.15) is 0 Å². The van der Waals surface area contributed by atoms with Gasteiger partial charge in [0.25, 0.3) is 0 Å². The number of rotatable bonds is 12. The van der Waals surface area contributed by atoms with E-state index in [4.69, 9.17) is 16.5 Å². The van der Waals surface area contributed by atoms with Gasteiger partial charge in [-0.05, 0) is 90.1 Å². The van der Waals surface area contributed by atoms with Crippen LogP contribution in [0.3, 0.4) is 0 Å². The zero-order valence-electron chi connectivity index (χ0n) is 26.1. The molecule has 1 heterocycles. The zero-order valence-corrected chi connectivity index (χ0v) is 27.8. The molecule has 1 unspecified atom stereocenters. The van der Waals surface area contributed by atoms with Crippen LogP contribution in [0.2, 0.25) is 0 Å². The quantitative estimate of drug-likeness (QED) is 0.0941. The summed E-state index contributed by atoms with van der Waals surface area (Å²) in [5, 5.41) is 4.03. The summed E-state index contributed by atoms with van der Waals surface area (Å²) in [7, 11) is 0. The number of hydrogen-bond acceptors (Lipinski definition) is 5. The summed E-state index contributed by atoms with van der Waals surface area (Å²) in [5.41, 5.74) is 23.4. The summed E-state index contributed by atoms with van der Waals surface area (Å²) >= 11 is 6.09. The molecular weight excluding hydrogens is 599 g/mol. The van der Waals surface area contributed by atoms with Crippen LogP contribution in [0.1, 0.15) is 29.3 Å². The number of aromatic nitrogens is 1. The predicted octanol–water partition coefficient (Wildman–Crippen LogP) is 10.6. The Morgan fingerprint density at radius 1 is 0.848 bits per heavy atom. The topological polar surface area (TPSA) is 64.9 Å². The highest BCUT2D eigenvalue weighted by molar-refractivity contribution is 8.01. The lowest BCUT2D eigenvalue weighted by molar-refractivity contribution is 0.850. The van der Waals surface area contributed by atoms with Crippen LogP contribution in [0.25, 0.3) is 61.9 Å². The molecule has 0 aliphatic heterocycles. The van der Waals surface area contributed by atoms with Crippen LogP contribution in [0, 0.1) is 5.92 Å². The Balaban J connectivity index is 1.82. The van der Waals surface area contributed by atoms with Gasteiger partial charge in [-0.3, -0.25) is 4.98 Å². The molecule has 4 N–H and O–H groups in total. The van der Waals surface area contributed by atoms with Crippen LogP contribution in [0.4, 0.5) is 0 Å². The van der Waals surface area contributed by atoms with Gasteiger partial charge in [0, 0.05) is 29.9 Å². The largest absolute Gasteiger partial charge is 0.404 e. The fraction of sp³-hybridized carbons (Fsp3) is 0.0976. The molecule has 0 aliphatic rings. The smallest absolute Gasteiger partial charge is 0.0506 e. The van der Waals surface area contributed by atoms with Gasteiger partial charge in [-0.1, -0.05) is 117 Å². The maximum Gasteiger partial charge on any atom is 0.0506 e. The molecule has 0 saturated heterocycles. The van der Waals surface area contributed by atoms with Crippen molar-refractivity contribution in [1.82, 2.24) is 4.98 Å². The summed E-state index contributed by atoms with van der Waals surface area (Å²) in [4.78, 5) is 4.83. The van der Waals surface area contributed by atoms with E-state index in [0.717, 1.165) is 72.5 Å². The lowest BCUT2D eigenvalue weighted by Gasteiger charge is -2.22. The summed E-state index contributed by atoms with van der Waals surface area (Å²) in [5.74, 6) is 1.77. The molecule has 0 amide bonds. The number of fused-ring (bicyclic) bond motifs is 1. The van der Waals surface area contributed by atoms with E-state index in [1.54, 1.807) is 24.2 Å². The first-order valence-corrected chi connectivity index (χ1v) is 16.9. The maximum atomic E-state index is 6.34. The van der Waals surface area contributed by atoms with Crippen LogP contribution < -0.4 is 11.5 Å². The Morgan fingerprint density at radius 3 is 2.17 bits per heavy atom. The molecule has 5 aromatic rings. The average molecular weight is 638 g/mol. The van der Waals surface area contributed by atoms with Crippen molar-refractivity contribution in [2.24, 2.45) is 17.4 Å². The second-order valence-corrected chi connectivity index (χ2v) is 12.2. The van der Waals surface area contributed by atoms with Crippen molar-refractivity contribution < 1.29 is 0 Å². The number of benzene rings is 4. The third-order valence-electron chi connectivity index (χ3n) is 8.00. The van der Waals surface area contributed by atoms with Crippen LogP contribution in [-0.2, 0) is 5.75 Å². The Kier molecular flexibility index (Phi) is 11.0. The molecule has 5 rings (SSSR count). The van der Waals surface area contributed by atoms with Crippen LogP contribution in [0.5, 0.6) is 0 Å². The van der Waals surface area contributed by atoms with Crippen LogP contribution in [0.15, 0.2) is 134 Å². The summed E-state index contributed by atoms with van der Waals surface area (Å²) in [6.45, 7) is 10.7. The number of hydrogen-bond donors (Lipinski definition) is 3. The first kappa shape index (κ1) is 32.7. The molecule has 4 aromatic carbocycles. The van der Waals surface area contributed by atoms with E-state index in [1.807, 2.05) is 29.8 Å².